The minimum atomic E-state index is -3.80. The summed E-state index contributed by atoms with van der Waals surface area (Å²) < 4.78 is 31.4. The number of rotatable bonds is 11. The van der Waals surface area contributed by atoms with Crippen molar-refractivity contribution in [1.82, 2.24) is 10.2 Å². The molecule has 1 atom stereocenters. The normalized spacial score (nSPS) is 12.0. The van der Waals surface area contributed by atoms with Gasteiger partial charge in [0.1, 0.15) is 18.3 Å². The number of ether oxygens (including phenoxy) is 1. The van der Waals surface area contributed by atoms with Gasteiger partial charge in [-0.1, -0.05) is 42.5 Å². The number of amides is 2. The third-order valence-electron chi connectivity index (χ3n) is 5.04. The number of carbonyl (C=O) groups is 2. The van der Waals surface area contributed by atoms with E-state index in [4.69, 9.17) is 4.74 Å². The molecule has 2 amide bonds. The van der Waals surface area contributed by atoms with E-state index in [0.29, 0.717) is 18.7 Å². The largest absolute Gasteiger partial charge is 0.495 e. The van der Waals surface area contributed by atoms with Gasteiger partial charge in [0, 0.05) is 13.1 Å². The lowest BCUT2D eigenvalue weighted by atomic mass is 10.1. The van der Waals surface area contributed by atoms with Crippen LogP contribution in [0.2, 0.25) is 0 Å². The highest BCUT2D eigenvalue weighted by atomic mass is 32.2. The van der Waals surface area contributed by atoms with Crippen molar-refractivity contribution in [2.24, 2.45) is 0 Å². The van der Waals surface area contributed by atoms with E-state index >= 15 is 0 Å². The van der Waals surface area contributed by atoms with E-state index in [1.54, 1.807) is 38.1 Å². The van der Waals surface area contributed by atoms with Crippen LogP contribution in [0.15, 0.2) is 54.6 Å². The fraction of sp³-hybridized carbons (Fsp3) is 0.391. The Balaban J connectivity index is 2.33. The summed E-state index contributed by atoms with van der Waals surface area (Å²) >= 11 is 0. The molecule has 2 aromatic rings. The maximum Gasteiger partial charge on any atom is 0.244 e. The van der Waals surface area contributed by atoms with E-state index in [1.807, 2.05) is 30.3 Å². The van der Waals surface area contributed by atoms with Gasteiger partial charge in [-0.3, -0.25) is 13.9 Å². The van der Waals surface area contributed by atoms with Crippen molar-refractivity contribution in [2.75, 3.05) is 37.3 Å². The average molecular weight is 462 g/mol. The highest BCUT2D eigenvalue weighted by Gasteiger charge is 2.30. The van der Waals surface area contributed by atoms with Gasteiger partial charge in [-0.15, -0.1) is 0 Å². The molecule has 0 unspecified atom stereocenters. The first-order valence-electron chi connectivity index (χ1n) is 10.4. The van der Waals surface area contributed by atoms with Crippen LogP contribution in [0.25, 0.3) is 0 Å². The molecule has 9 heteroatoms. The van der Waals surface area contributed by atoms with E-state index in [2.05, 4.69) is 5.32 Å². The second-order valence-electron chi connectivity index (χ2n) is 7.33. The SMILES string of the molecule is CCNC(=O)[C@H](C)N(CCc1ccccc1)C(=O)CN(c1ccccc1OC)S(C)(=O)=O. The molecule has 0 aromatic heterocycles. The van der Waals surface area contributed by atoms with Crippen molar-refractivity contribution in [3.8, 4) is 5.75 Å². The first-order valence-corrected chi connectivity index (χ1v) is 12.3. The van der Waals surface area contributed by atoms with E-state index in [0.717, 1.165) is 16.1 Å². The fourth-order valence-electron chi connectivity index (χ4n) is 3.32. The van der Waals surface area contributed by atoms with Crippen LogP contribution >= 0.6 is 0 Å². The Morgan fingerprint density at radius 1 is 1.06 bits per heavy atom. The Kier molecular flexibility index (Phi) is 9.07. The summed E-state index contributed by atoms with van der Waals surface area (Å²) in [5.74, 6) is -0.438. The lowest BCUT2D eigenvalue weighted by molar-refractivity contribution is -0.138. The summed E-state index contributed by atoms with van der Waals surface area (Å²) in [5, 5.41) is 2.73. The Morgan fingerprint density at radius 2 is 1.69 bits per heavy atom. The molecule has 0 radical (unpaired) electrons. The highest BCUT2D eigenvalue weighted by molar-refractivity contribution is 7.92. The van der Waals surface area contributed by atoms with Crippen LogP contribution in [0.1, 0.15) is 19.4 Å². The molecule has 0 aliphatic carbocycles. The third kappa shape index (κ3) is 6.71. The number of likely N-dealkylation sites (N-methyl/N-ethyl adjacent to an activating group) is 1. The predicted molar refractivity (Wildman–Crippen MR) is 125 cm³/mol. The molecule has 0 aliphatic heterocycles. The number of sulfonamides is 1. The van der Waals surface area contributed by atoms with Crippen molar-refractivity contribution in [3.63, 3.8) is 0 Å². The first-order chi connectivity index (χ1) is 15.2. The number of hydrogen-bond acceptors (Lipinski definition) is 5. The Labute approximate surface area is 190 Å². The Hall–Kier alpha value is -3.07. The number of nitrogens with one attached hydrogen (secondary N) is 1. The lowest BCUT2D eigenvalue weighted by Gasteiger charge is -2.31. The number of nitrogens with zero attached hydrogens (tertiary/aromatic N) is 2. The monoisotopic (exact) mass is 461 g/mol. The van der Waals surface area contributed by atoms with Gasteiger partial charge >= 0.3 is 0 Å². The van der Waals surface area contributed by atoms with Crippen molar-refractivity contribution in [1.29, 1.82) is 0 Å². The summed E-state index contributed by atoms with van der Waals surface area (Å²) in [6.45, 7) is 3.69. The first kappa shape index (κ1) is 25.2. The molecule has 0 saturated carbocycles. The van der Waals surface area contributed by atoms with Crippen molar-refractivity contribution in [2.45, 2.75) is 26.3 Å². The smallest absolute Gasteiger partial charge is 0.244 e. The van der Waals surface area contributed by atoms with E-state index in [1.165, 1.54) is 12.0 Å². The van der Waals surface area contributed by atoms with Crippen LogP contribution in [0.4, 0.5) is 5.69 Å². The zero-order valence-electron chi connectivity index (χ0n) is 18.9. The quantitative estimate of drug-likeness (QED) is 0.553. The van der Waals surface area contributed by atoms with Crippen molar-refractivity contribution < 1.29 is 22.7 Å². The number of carbonyl (C=O) groups excluding carboxylic acids is 2. The molecule has 2 aromatic carbocycles. The number of methoxy groups -OCH3 is 1. The molecule has 8 nitrogen and oxygen atoms in total. The van der Waals surface area contributed by atoms with Crippen LogP contribution in [0, 0.1) is 0 Å². The predicted octanol–water partition coefficient (Wildman–Crippen LogP) is 2.06. The summed E-state index contributed by atoms with van der Waals surface area (Å²) in [5.41, 5.74) is 1.28. The molecule has 0 heterocycles. The van der Waals surface area contributed by atoms with Gasteiger partial charge in [-0.25, -0.2) is 8.42 Å². The average Bonchev–Trinajstić information content (AvgIpc) is 2.77. The molecule has 1 N–H and O–H groups in total. The minimum absolute atomic E-state index is 0.263. The zero-order valence-corrected chi connectivity index (χ0v) is 19.8. The molecule has 0 fully saturated rings. The van der Waals surface area contributed by atoms with E-state index < -0.39 is 28.5 Å². The fourth-order valence-corrected chi connectivity index (χ4v) is 4.18. The molecule has 2 rings (SSSR count). The van der Waals surface area contributed by atoms with Gasteiger partial charge < -0.3 is 15.0 Å². The molecule has 32 heavy (non-hydrogen) atoms. The van der Waals surface area contributed by atoms with Crippen molar-refractivity contribution >= 4 is 27.5 Å². The number of para-hydroxylation sites is 2. The topological polar surface area (TPSA) is 96.0 Å². The standard InChI is InChI=1S/C23H31N3O5S/c1-5-24-23(28)18(2)25(16-15-19-11-7-6-8-12-19)22(27)17-26(32(4,29)30)20-13-9-10-14-21(20)31-3/h6-14,18H,5,15-17H2,1-4H3,(H,24,28)/t18-/m0/s1. The van der Waals surface area contributed by atoms with Gasteiger partial charge in [-0.05, 0) is 38.0 Å². The number of benzene rings is 2. The van der Waals surface area contributed by atoms with Crippen LogP contribution in [-0.4, -0.2) is 64.2 Å². The van der Waals surface area contributed by atoms with Crippen LogP contribution in [-0.2, 0) is 26.0 Å². The molecule has 0 aliphatic rings. The van der Waals surface area contributed by atoms with E-state index in [-0.39, 0.29) is 18.1 Å². The summed E-state index contributed by atoms with van der Waals surface area (Å²) in [7, 11) is -2.36. The van der Waals surface area contributed by atoms with Gasteiger partial charge in [0.25, 0.3) is 0 Å². The van der Waals surface area contributed by atoms with Gasteiger partial charge in [0.15, 0.2) is 0 Å². The molecule has 174 valence electrons. The molecule has 0 saturated heterocycles. The number of hydrogen-bond donors (Lipinski definition) is 1. The molecule has 0 spiro atoms. The van der Waals surface area contributed by atoms with Crippen LogP contribution in [0.3, 0.4) is 0 Å². The Bertz CT molecular complexity index is 1010. The minimum Gasteiger partial charge on any atom is -0.495 e. The lowest BCUT2D eigenvalue weighted by Crippen LogP contribution is -2.52. The second-order valence-corrected chi connectivity index (χ2v) is 9.24. The zero-order chi connectivity index (χ0) is 23.7. The van der Waals surface area contributed by atoms with E-state index in [9.17, 15) is 18.0 Å². The highest BCUT2D eigenvalue weighted by Crippen LogP contribution is 2.29. The Morgan fingerprint density at radius 3 is 2.28 bits per heavy atom. The second kappa shape index (κ2) is 11.5. The van der Waals surface area contributed by atoms with Crippen LogP contribution in [0.5, 0.6) is 5.75 Å². The summed E-state index contributed by atoms with van der Waals surface area (Å²) in [4.78, 5) is 27.3. The summed E-state index contributed by atoms with van der Waals surface area (Å²) in [6.07, 6.45) is 1.57. The van der Waals surface area contributed by atoms with Crippen LogP contribution < -0.4 is 14.4 Å². The molecular formula is C23H31N3O5S. The third-order valence-corrected chi connectivity index (χ3v) is 6.16. The maximum absolute atomic E-state index is 13.3. The maximum atomic E-state index is 13.3. The van der Waals surface area contributed by atoms with Gasteiger partial charge in [-0.2, -0.15) is 0 Å². The van der Waals surface area contributed by atoms with Crippen molar-refractivity contribution in [3.05, 3.63) is 60.2 Å². The summed E-state index contributed by atoms with van der Waals surface area (Å²) in [6, 6.07) is 15.4. The van der Waals surface area contributed by atoms with Gasteiger partial charge in [0.05, 0.1) is 19.1 Å². The van der Waals surface area contributed by atoms with Gasteiger partial charge in [0.2, 0.25) is 21.8 Å². The number of anilines is 1. The molecular weight excluding hydrogens is 430 g/mol. The molecule has 0 bridgehead atoms.